The first-order valence-electron chi connectivity index (χ1n) is 21.5. The Kier molecular flexibility index (Phi) is 12.1. The van der Waals surface area contributed by atoms with E-state index < -0.39 is 10.0 Å². The molecule has 63 heavy (non-hydrogen) atoms. The molecule has 0 aromatic heterocycles. The van der Waals surface area contributed by atoms with Gasteiger partial charge in [0, 0.05) is 43.3 Å². The van der Waals surface area contributed by atoms with Gasteiger partial charge in [0.2, 0.25) is 15.8 Å². The molecular formula is C49H55N3O10S. The molecule has 0 radical (unpaired) electrons. The Morgan fingerprint density at radius 1 is 0.698 bits per heavy atom. The van der Waals surface area contributed by atoms with Crippen LogP contribution in [0.25, 0.3) is 0 Å². The Bertz CT molecular complexity index is 2620. The van der Waals surface area contributed by atoms with E-state index in [2.05, 4.69) is 65.0 Å². The molecule has 6 bridgehead atoms. The maximum absolute atomic E-state index is 13.3. The van der Waals surface area contributed by atoms with E-state index in [0.717, 1.165) is 49.0 Å². The van der Waals surface area contributed by atoms with Crippen molar-refractivity contribution < 1.29 is 46.3 Å². The number of ether oxygens (including phenoxy) is 8. The SMILES string of the molecule is COc1cc2c3cc1Oc1c(OC)c(OC)cc4c1[C@@H](Cc1ccc(OCCCNS(=O)(=O)c5cc(C)c6c(c5)OCCO6)c(c1)Oc1ccc(cc1)C[C@@H]3N(C)CC2)N(C)CC4. The van der Waals surface area contributed by atoms with E-state index in [-0.39, 0.29) is 30.1 Å². The van der Waals surface area contributed by atoms with E-state index in [1.54, 1.807) is 27.4 Å². The monoisotopic (exact) mass is 877 g/mol. The molecule has 5 aliphatic heterocycles. The molecule has 0 saturated heterocycles. The molecule has 0 amide bonds. The van der Waals surface area contributed by atoms with Crippen molar-refractivity contribution in [3.63, 3.8) is 0 Å². The van der Waals surface area contributed by atoms with Gasteiger partial charge in [0.05, 0.1) is 32.8 Å². The summed E-state index contributed by atoms with van der Waals surface area (Å²) in [7, 11) is 5.50. The van der Waals surface area contributed by atoms with Crippen molar-refractivity contribution in [1.82, 2.24) is 14.5 Å². The molecule has 332 valence electrons. The first-order chi connectivity index (χ1) is 30.5. The third kappa shape index (κ3) is 8.57. The van der Waals surface area contributed by atoms with Gasteiger partial charge in [-0.25, -0.2) is 13.1 Å². The number of hydrogen-bond donors (Lipinski definition) is 1. The van der Waals surface area contributed by atoms with Crippen LogP contribution in [0.1, 0.15) is 57.4 Å². The van der Waals surface area contributed by atoms with Crippen LogP contribution in [0.15, 0.2) is 77.7 Å². The Balaban J connectivity index is 1.04. The first-order valence-corrected chi connectivity index (χ1v) is 23.0. The Morgan fingerprint density at radius 2 is 1.40 bits per heavy atom. The van der Waals surface area contributed by atoms with Crippen molar-refractivity contribution in [2.75, 3.05) is 74.9 Å². The Morgan fingerprint density at radius 3 is 2.17 bits per heavy atom. The van der Waals surface area contributed by atoms with Crippen LogP contribution in [0, 0.1) is 6.92 Å². The summed E-state index contributed by atoms with van der Waals surface area (Å²) in [6, 6.07) is 23.7. The van der Waals surface area contributed by atoms with Crippen molar-refractivity contribution in [1.29, 1.82) is 0 Å². The number of aryl methyl sites for hydroxylation is 1. The quantitative estimate of drug-likeness (QED) is 0.137. The number of sulfonamides is 1. The van der Waals surface area contributed by atoms with Gasteiger partial charge in [-0.2, -0.15) is 0 Å². The Hall–Kier alpha value is -5.67. The molecule has 5 aliphatic rings. The maximum Gasteiger partial charge on any atom is 0.240 e. The normalized spacial score (nSPS) is 18.3. The summed E-state index contributed by atoms with van der Waals surface area (Å²) >= 11 is 0. The van der Waals surface area contributed by atoms with Crippen LogP contribution in [0.3, 0.4) is 0 Å². The van der Waals surface area contributed by atoms with E-state index in [9.17, 15) is 8.42 Å². The summed E-state index contributed by atoms with van der Waals surface area (Å²) in [4.78, 5) is 4.89. The average Bonchev–Trinajstić information content (AvgIpc) is 3.28. The smallest absolute Gasteiger partial charge is 0.240 e. The lowest BCUT2D eigenvalue weighted by molar-refractivity contribution is 0.170. The van der Waals surface area contributed by atoms with Gasteiger partial charge >= 0.3 is 0 Å². The van der Waals surface area contributed by atoms with E-state index in [1.165, 1.54) is 22.8 Å². The fourth-order valence-electron chi connectivity index (χ4n) is 9.22. The van der Waals surface area contributed by atoms with Crippen LogP contribution >= 0.6 is 0 Å². The van der Waals surface area contributed by atoms with Gasteiger partial charge < -0.3 is 37.9 Å². The molecule has 0 aliphatic carbocycles. The number of hydrogen-bond acceptors (Lipinski definition) is 12. The largest absolute Gasteiger partial charge is 0.493 e. The lowest BCUT2D eigenvalue weighted by Crippen LogP contribution is -2.34. The number of fused-ring (bicyclic) bond motifs is 3. The van der Waals surface area contributed by atoms with Gasteiger partial charge in [-0.15, -0.1) is 0 Å². The summed E-state index contributed by atoms with van der Waals surface area (Å²) in [5.41, 5.74) is 7.50. The summed E-state index contributed by atoms with van der Waals surface area (Å²) in [5.74, 6) is 5.84. The first kappa shape index (κ1) is 42.6. The number of rotatable bonds is 10. The van der Waals surface area contributed by atoms with E-state index in [0.29, 0.717) is 89.1 Å². The molecule has 1 N–H and O–H groups in total. The van der Waals surface area contributed by atoms with Crippen molar-refractivity contribution >= 4 is 10.0 Å². The van der Waals surface area contributed by atoms with Crippen molar-refractivity contribution in [3.8, 4) is 57.5 Å². The highest BCUT2D eigenvalue weighted by atomic mass is 32.2. The topological polar surface area (TPSA) is 126 Å². The molecule has 0 saturated carbocycles. The zero-order valence-corrected chi connectivity index (χ0v) is 37.6. The molecule has 0 unspecified atom stereocenters. The summed E-state index contributed by atoms with van der Waals surface area (Å²) < 4.78 is 78.8. The lowest BCUT2D eigenvalue weighted by atomic mass is 9.87. The lowest BCUT2D eigenvalue weighted by Gasteiger charge is -2.37. The summed E-state index contributed by atoms with van der Waals surface area (Å²) in [5, 5.41) is 0. The number of likely N-dealkylation sites (N-methyl/N-ethyl adjacent to an activating group) is 2. The highest BCUT2D eigenvalue weighted by Crippen LogP contribution is 2.52. The molecule has 5 heterocycles. The fourth-order valence-corrected chi connectivity index (χ4v) is 10.4. The Labute approximate surface area is 369 Å². The molecule has 0 spiro atoms. The molecule has 5 aromatic carbocycles. The number of nitrogens with zero attached hydrogens (tertiary/aromatic N) is 2. The molecule has 0 fully saturated rings. The molecule has 13 nitrogen and oxygen atoms in total. The van der Waals surface area contributed by atoms with E-state index >= 15 is 0 Å². The van der Waals surface area contributed by atoms with Gasteiger partial charge in [0.15, 0.2) is 46.0 Å². The number of nitrogens with one attached hydrogen (secondary N) is 1. The molecule has 2 atom stereocenters. The molecule has 10 rings (SSSR count). The zero-order chi connectivity index (χ0) is 43.8. The zero-order valence-electron chi connectivity index (χ0n) is 36.7. The van der Waals surface area contributed by atoms with E-state index in [1.807, 2.05) is 31.2 Å². The van der Waals surface area contributed by atoms with Crippen molar-refractivity contribution in [2.24, 2.45) is 0 Å². The minimum atomic E-state index is -3.80. The van der Waals surface area contributed by atoms with Crippen LogP contribution < -0.4 is 42.6 Å². The summed E-state index contributed by atoms with van der Waals surface area (Å²) in [6.07, 6.45) is 3.52. The minimum Gasteiger partial charge on any atom is -0.493 e. The van der Waals surface area contributed by atoms with Crippen molar-refractivity contribution in [3.05, 3.63) is 112 Å². The molecular weight excluding hydrogens is 823 g/mol. The van der Waals surface area contributed by atoms with Crippen molar-refractivity contribution in [2.45, 2.75) is 56.0 Å². The van der Waals surface area contributed by atoms with Gasteiger partial charge in [0.1, 0.15) is 19.0 Å². The maximum atomic E-state index is 13.3. The fraction of sp³-hybridized carbons (Fsp3) is 0.388. The predicted octanol–water partition coefficient (Wildman–Crippen LogP) is 7.98. The highest BCUT2D eigenvalue weighted by Gasteiger charge is 2.35. The molecule has 14 heteroatoms. The molecule has 5 aromatic rings. The minimum absolute atomic E-state index is 0.0968. The van der Waals surface area contributed by atoms with Gasteiger partial charge in [-0.3, -0.25) is 9.80 Å². The van der Waals surface area contributed by atoms with Gasteiger partial charge in [-0.05, 0) is 135 Å². The number of benzene rings is 5. The van der Waals surface area contributed by atoms with Crippen LogP contribution in [-0.4, -0.2) is 93.1 Å². The predicted molar refractivity (Wildman–Crippen MR) is 239 cm³/mol. The average molecular weight is 878 g/mol. The highest BCUT2D eigenvalue weighted by molar-refractivity contribution is 7.89. The van der Waals surface area contributed by atoms with Gasteiger partial charge in [-0.1, -0.05) is 18.2 Å². The second-order valence-corrected chi connectivity index (χ2v) is 18.4. The number of methoxy groups -OCH3 is 3. The van der Waals surface area contributed by atoms with Crippen LogP contribution in [0.5, 0.6) is 57.5 Å². The third-order valence-electron chi connectivity index (χ3n) is 12.6. The van der Waals surface area contributed by atoms with Crippen LogP contribution in [0.4, 0.5) is 0 Å². The summed E-state index contributed by atoms with van der Waals surface area (Å²) in [6.45, 7) is 4.78. The van der Waals surface area contributed by atoms with Crippen LogP contribution in [0.2, 0.25) is 0 Å². The third-order valence-corrected chi connectivity index (χ3v) is 14.1. The van der Waals surface area contributed by atoms with Crippen LogP contribution in [-0.2, 0) is 35.7 Å². The second kappa shape index (κ2) is 17.8. The van der Waals surface area contributed by atoms with Gasteiger partial charge in [0.25, 0.3) is 0 Å². The van der Waals surface area contributed by atoms with E-state index in [4.69, 9.17) is 37.9 Å². The second-order valence-electron chi connectivity index (χ2n) is 16.6. The standard InChI is InChI=1S/C49H55N3O10S/c1-30-22-36(28-45-47(30)60-21-20-59-45)63(53,54)50-16-7-19-58-40-13-10-32-24-39-46-34(15-18-52(39)3)27-44(56-5)48(57-6)49(46)62-43-29-37-33(26-41(43)55-4)14-17-51(2)38(37)23-31-8-11-35(12-9-31)61-42(40)25-32/h8-13,22,25-29,38-39,50H,7,14-21,23-24H2,1-6H3/t38-,39+/m0/s1.